The minimum atomic E-state index is -0.852. The SMILES string of the molecule is CC(C)(NCc1cc(Br)ccc1F)C(N)=O. The largest absolute Gasteiger partial charge is 0.368 e. The third-order valence-corrected chi connectivity index (χ3v) is 2.84. The molecule has 0 saturated carbocycles. The van der Waals surface area contributed by atoms with E-state index in [1.54, 1.807) is 26.0 Å². The summed E-state index contributed by atoms with van der Waals surface area (Å²) in [5.74, 6) is -0.779. The lowest BCUT2D eigenvalue weighted by molar-refractivity contribution is -0.123. The molecule has 0 aliphatic rings. The zero-order valence-corrected chi connectivity index (χ0v) is 10.8. The van der Waals surface area contributed by atoms with Gasteiger partial charge in [-0.05, 0) is 32.0 Å². The molecule has 3 nitrogen and oxygen atoms in total. The molecule has 0 atom stereocenters. The van der Waals surface area contributed by atoms with Crippen LogP contribution in [0.1, 0.15) is 19.4 Å². The van der Waals surface area contributed by atoms with Crippen LogP contribution in [-0.2, 0) is 11.3 Å². The molecule has 88 valence electrons. The predicted octanol–water partition coefficient (Wildman–Crippen LogP) is 1.94. The van der Waals surface area contributed by atoms with E-state index in [9.17, 15) is 9.18 Å². The quantitative estimate of drug-likeness (QED) is 0.890. The van der Waals surface area contributed by atoms with Crippen LogP contribution in [0.3, 0.4) is 0 Å². The Morgan fingerprint density at radius 2 is 2.19 bits per heavy atom. The van der Waals surface area contributed by atoms with Crippen LogP contribution in [-0.4, -0.2) is 11.4 Å². The van der Waals surface area contributed by atoms with Crippen molar-refractivity contribution in [1.82, 2.24) is 5.32 Å². The van der Waals surface area contributed by atoms with E-state index in [0.29, 0.717) is 5.56 Å². The Balaban J connectivity index is 2.75. The van der Waals surface area contributed by atoms with Crippen LogP contribution < -0.4 is 11.1 Å². The molecule has 1 rings (SSSR count). The Morgan fingerprint density at radius 1 is 1.56 bits per heavy atom. The number of nitrogens with two attached hydrogens (primary N) is 1. The van der Waals surface area contributed by atoms with Gasteiger partial charge in [-0.2, -0.15) is 0 Å². The minimum absolute atomic E-state index is 0.251. The van der Waals surface area contributed by atoms with Crippen molar-refractivity contribution in [1.29, 1.82) is 0 Å². The molecule has 0 unspecified atom stereocenters. The Morgan fingerprint density at radius 3 is 2.75 bits per heavy atom. The Labute approximate surface area is 102 Å². The summed E-state index contributed by atoms with van der Waals surface area (Å²) >= 11 is 3.26. The maximum Gasteiger partial charge on any atom is 0.237 e. The molecule has 0 aliphatic heterocycles. The fourth-order valence-electron chi connectivity index (χ4n) is 1.08. The number of amides is 1. The van der Waals surface area contributed by atoms with Gasteiger partial charge in [0, 0.05) is 16.6 Å². The van der Waals surface area contributed by atoms with Crippen molar-refractivity contribution in [3.63, 3.8) is 0 Å². The standard InChI is InChI=1S/C11H14BrFN2O/c1-11(2,10(14)16)15-6-7-5-8(12)3-4-9(7)13/h3-5,15H,6H2,1-2H3,(H2,14,16). The minimum Gasteiger partial charge on any atom is -0.368 e. The van der Waals surface area contributed by atoms with Gasteiger partial charge in [-0.15, -0.1) is 0 Å². The highest BCUT2D eigenvalue weighted by atomic mass is 79.9. The lowest BCUT2D eigenvalue weighted by Crippen LogP contribution is -2.50. The first-order valence-corrected chi connectivity index (χ1v) is 5.61. The van der Waals surface area contributed by atoms with Gasteiger partial charge in [0.2, 0.25) is 5.91 Å². The van der Waals surface area contributed by atoms with Crippen LogP contribution in [0.4, 0.5) is 4.39 Å². The van der Waals surface area contributed by atoms with Gasteiger partial charge in [-0.3, -0.25) is 10.1 Å². The summed E-state index contributed by atoms with van der Waals surface area (Å²) in [6.45, 7) is 3.57. The van der Waals surface area contributed by atoms with Crippen LogP contribution >= 0.6 is 15.9 Å². The molecule has 0 fully saturated rings. The van der Waals surface area contributed by atoms with Crippen molar-refractivity contribution in [2.75, 3.05) is 0 Å². The van der Waals surface area contributed by atoms with Gasteiger partial charge in [0.05, 0.1) is 5.54 Å². The molecule has 0 radical (unpaired) electrons. The van der Waals surface area contributed by atoms with E-state index >= 15 is 0 Å². The Kier molecular flexibility index (Phi) is 4.04. The number of halogens is 2. The summed E-state index contributed by atoms with van der Waals surface area (Å²) in [6, 6.07) is 4.66. The van der Waals surface area contributed by atoms with Crippen LogP contribution in [0.25, 0.3) is 0 Å². The van der Waals surface area contributed by atoms with E-state index in [1.165, 1.54) is 6.07 Å². The summed E-state index contributed by atoms with van der Waals surface area (Å²) < 4.78 is 14.2. The Bertz CT molecular complexity index is 407. The Hall–Kier alpha value is -0.940. The molecule has 0 spiro atoms. The monoisotopic (exact) mass is 288 g/mol. The highest BCUT2D eigenvalue weighted by Crippen LogP contribution is 2.16. The van der Waals surface area contributed by atoms with Crippen LogP contribution in [0.15, 0.2) is 22.7 Å². The smallest absolute Gasteiger partial charge is 0.237 e. The zero-order chi connectivity index (χ0) is 12.3. The van der Waals surface area contributed by atoms with E-state index in [2.05, 4.69) is 21.2 Å². The van der Waals surface area contributed by atoms with E-state index in [4.69, 9.17) is 5.73 Å². The number of carbonyl (C=O) groups excluding carboxylic acids is 1. The van der Waals surface area contributed by atoms with Gasteiger partial charge in [0.25, 0.3) is 0 Å². The summed E-state index contributed by atoms with van der Waals surface area (Å²) in [4.78, 5) is 11.1. The third-order valence-electron chi connectivity index (χ3n) is 2.34. The second kappa shape index (κ2) is 4.93. The maximum absolute atomic E-state index is 13.4. The third kappa shape index (κ3) is 3.28. The van der Waals surface area contributed by atoms with Crippen LogP contribution in [0.2, 0.25) is 0 Å². The molecule has 0 heterocycles. The average molecular weight is 289 g/mol. The molecule has 0 bridgehead atoms. The van der Waals surface area contributed by atoms with E-state index in [1.807, 2.05) is 0 Å². The lowest BCUT2D eigenvalue weighted by Gasteiger charge is -2.22. The number of rotatable bonds is 4. The molecular formula is C11H14BrFN2O. The van der Waals surface area contributed by atoms with Crippen molar-refractivity contribution in [2.24, 2.45) is 5.73 Å². The molecule has 1 aromatic rings. The van der Waals surface area contributed by atoms with E-state index < -0.39 is 11.4 Å². The summed E-state index contributed by atoms with van der Waals surface area (Å²) in [5, 5.41) is 2.91. The van der Waals surface area contributed by atoms with Gasteiger partial charge in [0.15, 0.2) is 0 Å². The van der Waals surface area contributed by atoms with Crippen molar-refractivity contribution < 1.29 is 9.18 Å². The number of nitrogens with one attached hydrogen (secondary N) is 1. The number of carbonyl (C=O) groups is 1. The van der Waals surface area contributed by atoms with Crippen molar-refractivity contribution in [3.05, 3.63) is 34.1 Å². The van der Waals surface area contributed by atoms with Crippen LogP contribution in [0, 0.1) is 5.82 Å². The molecule has 0 aliphatic carbocycles. The molecular weight excluding hydrogens is 275 g/mol. The topological polar surface area (TPSA) is 55.1 Å². The van der Waals surface area contributed by atoms with E-state index in [0.717, 1.165) is 4.47 Å². The molecule has 3 N–H and O–H groups in total. The average Bonchev–Trinajstić information content (AvgIpc) is 2.19. The van der Waals surface area contributed by atoms with Crippen molar-refractivity contribution in [2.45, 2.75) is 25.9 Å². The van der Waals surface area contributed by atoms with Gasteiger partial charge < -0.3 is 5.73 Å². The van der Waals surface area contributed by atoms with Crippen molar-refractivity contribution in [3.8, 4) is 0 Å². The molecule has 5 heteroatoms. The molecule has 0 saturated heterocycles. The molecule has 1 aromatic carbocycles. The first kappa shape index (κ1) is 13.1. The van der Waals surface area contributed by atoms with E-state index in [-0.39, 0.29) is 12.4 Å². The van der Waals surface area contributed by atoms with Gasteiger partial charge in [-0.25, -0.2) is 4.39 Å². The normalized spacial score (nSPS) is 11.5. The summed E-state index contributed by atoms with van der Waals surface area (Å²) in [7, 11) is 0. The predicted molar refractivity (Wildman–Crippen MR) is 64.2 cm³/mol. The fourth-order valence-corrected chi connectivity index (χ4v) is 1.49. The van der Waals surface area contributed by atoms with Crippen LogP contribution in [0.5, 0.6) is 0 Å². The first-order valence-electron chi connectivity index (χ1n) is 4.82. The molecule has 0 aromatic heterocycles. The molecule has 16 heavy (non-hydrogen) atoms. The maximum atomic E-state index is 13.4. The van der Waals surface area contributed by atoms with Crippen molar-refractivity contribution >= 4 is 21.8 Å². The number of hydrogen-bond acceptors (Lipinski definition) is 2. The van der Waals surface area contributed by atoms with Gasteiger partial charge in [-0.1, -0.05) is 15.9 Å². The zero-order valence-electron chi connectivity index (χ0n) is 9.18. The fraction of sp³-hybridized carbons (Fsp3) is 0.364. The number of hydrogen-bond donors (Lipinski definition) is 2. The van der Waals surface area contributed by atoms with Gasteiger partial charge >= 0.3 is 0 Å². The second-order valence-electron chi connectivity index (χ2n) is 4.08. The summed E-state index contributed by atoms with van der Waals surface area (Å²) in [6.07, 6.45) is 0. The number of benzene rings is 1. The number of primary amides is 1. The first-order chi connectivity index (χ1) is 7.33. The summed E-state index contributed by atoms with van der Waals surface area (Å²) in [5.41, 5.74) is 4.84. The lowest BCUT2D eigenvalue weighted by atomic mass is 10.0. The highest BCUT2D eigenvalue weighted by Gasteiger charge is 2.24. The second-order valence-corrected chi connectivity index (χ2v) is 4.99. The highest BCUT2D eigenvalue weighted by molar-refractivity contribution is 9.10. The molecule has 1 amide bonds. The van der Waals surface area contributed by atoms with Gasteiger partial charge in [0.1, 0.15) is 5.82 Å².